The average molecular weight is 523 g/mol. The standard InChI is InChI=1S/C22H22Cl3N7O2/c1-3-12(2)28-22(33)31-10-15-17(11-31)29-21(26)30-20(15)19-16(25)6-13(23)7-18(19)34-5-4-32-9-14(24)8-27-32/h6-9H,2-5,10-11H2,1H3,(H,28,33)(H2,26,29,30). The van der Waals surface area contributed by atoms with Crippen LogP contribution in [0.5, 0.6) is 5.75 Å². The zero-order valence-corrected chi connectivity index (χ0v) is 20.6. The van der Waals surface area contributed by atoms with E-state index in [-0.39, 0.29) is 31.7 Å². The van der Waals surface area contributed by atoms with Gasteiger partial charge in [-0.25, -0.2) is 14.8 Å². The van der Waals surface area contributed by atoms with Crippen LogP contribution in [0.25, 0.3) is 11.3 Å². The lowest BCUT2D eigenvalue weighted by Crippen LogP contribution is -2.35. The van der Waals surface area contributed by atoms with Gasteiger partial charge < -0.3 is 20.7 Å². The minimum absolute atomic E-state index is 0.0668. The first kappa shape index (κ1) is 24.1. The molecule has 0 saturated heterocycles. The highest BCUT2D eigenvalue weighted by Crippen LogP contribution is 2.42. The van der Waals surface area contributed by atoms with Gasteiger partial charge in [-0.1, -0.05) is 48.3 Å². The first-order valence-corrected chi connectivity index (χ1v) is 11.6. The fourth-order valence-electron chi connectivity index (χ4n) is 3.55. The molecule has 3 aromatic rings. The molecule has 2 aromatic heterocycles. The van der Waals surface area contributed by atoms with E-state index in [4.69, 9.17) is 45.3 Å². The molecule has 9 nitrogen and oxygen atoms in total. The quantitative estimate of drug-likeness (QED) is 0.456. The van der Waals surface area contributed by atoms with Gasteiger partial charge in [0.25, 0.3) is 0 Å². The number of nitrogens with zero attached hydrogens (tertiary/aromatic N) is 5. The molecule has 1 aliphatic rings. The maximum Gasteiger partial charge on any atom is 0.322 e. The summed E-state index contributed by atoms with van der Waals surface area (Å²) < 4.78 is 7.69. The summed E-state index contributed by atoms with van der Waals surface area (Å²) in [7, 11) is 0. The molecule has 0 fully saturated rings. The maximum absolute atomic E-state index is 12.7. The predicted octanol–water partition coefficient (Wildman–Crippen LogP) is 4.91. The second kappa shape index (κ2) is 10.1. The number of carbonyl (C=O) groups excluding carboxylic acids is 1. The van der Waals surface area contributed by atoms with Crippen molar-refractivity contribution in [1.82, 2.24) is 30.0 Å². The second-order valence-corrected chi connectivity index (χ2v) is 8.91. The number of nitrogens with one attached hydrogen (secondary N) is 1. The Balaban J connectivity index is 1.65. The number of ether oxygens (including phenoxy) is 1. The Hall–Kier alpha value is -3.01. The van der Waals surface area contributed by atoms with Crippen molar-refractivity contribution in [3.05, 3.63) is 63.1 Å². The van der Waals surface area contributed by atoms with Crippen LogP contribution in [0, 0.1) is 0 Å². The van der Waals surface area contributed by atoms with E-state index in [1.165, 1.54) is 0 Å². The van der Waals surface area contributed by atoms with Crippen molar-refractivity contribution in [3.8, 4) is 17.0 Å². The molecule has 1 aliphatic heterocycles. The van der Waals surface area contributed by atoms with Gasteiger partial charge in [0.05, 0.1) is 52.8 Å². The largest absolute Gasteiger partial charge is 0.491 e. The van der Waals surface area contributed by atoms with Gasteiger partial charge in [0, 0.05) is 22.5 Å². The van der Waals surface area contributed by atoms with Crippen LogP contribution in [0.15, 0.2) is 36.8 Å². The minimum atomic E-state index is -0.272. The molecule has 178 valence electrons. The molecule has 3 N–H and O–H groups in total. The van der Waals surface area contributed by atoms with Crippen LogP contribution >= 0.6 is 34.8 Å². The zero-order chi connectivity index (χ0) is 24.4. The monoisotopic (exact) mass is 521 g/mol. The second-order valence-electron chi connectivity index (χ2n) is 7.63. The molecule has 34 heavy (non-hydrogen) atoms. The number of aromatic nitrogens is 4. The number of anilines is 1. The molecule has 0 saturated carbocycles. The Morgan fingerprint density at radius 2 is 2.03 bits per heavy atom. The topological polar surface area (TPSA) is 111 Å². The fourth-order valence-corrected chi connectivity index (χ4v) is 4.27. The Morgan fingerprint density at radius 1 is 1.24 bits per heavy atom. The summed E-state index contributed by atoms with van der Waals surface area (Å²) in [5.41, 5.74) is 9.03. The molecule has 0 unspecified atom stereocenters. The summed E-state index contributed by atoms with van der Waals surface area (Å²) >= 11 is 18.8. The van der Waals surface area contributed by atoms with E-state index >= 15 is 0 Å². The lowest BCUT2D eigenvalue weighted by Gasteiger charge is -2.17. The van der Waals surface area contributed by atoms with Crippen LogP contribution < -0.4 is 15.8 Å². The van der Waals surface area contributed by atoms with Gasteiger partial charge in [-0.2, -0.15) is 5.10 Å². The molecule has 2 amide bonds. The average Bonchev–Trinajstić information content (AvgIpc) is 3.39. The minimum Gasteiger partial charge on any atom is -0.491 e. The van der Waals surface area contributed by atoms with Crippen LogP contribution in [-0.4, -0.2) is 37.3 Å². The third-order valence-electron chi connectivity index (χ3n) is 5.23. The highest BCUT2D eigenvalue weighted by atomic mass is 35.5. The SMILES string of the molecule is C=C(CC)NC(=O)N1Cc2nc(N)nc(-c3c(Cl)cc(Cl)cc3OCCn3cc(Cl)cn3)c2C1. The number of rotatable bonds is 7. The van der Waals surface area contributed by atoms with E-state index in [2.05, 4.69) is 27.0 Å². The molecular weight excluding hydrogens is 501 g/mol. The Bertz CT molecular complexity index is 1260. The van der Waals surface area contributed by atoms with Gasteiger partial charge in [-0.15, -0.1) is 0 Å². The number of carbonyl (C=O) groups is 1. The van der Waals surface area contributed by atoms with Gasteiger partial charge in [0.1, 0.15) is 12.4 Å². The summed E-state index contributed by atoms with van der Waals surface area (Å²) in [6.45, 7) is 7.03. The molecule has 4 rings (SSSR count). The molecule has 12 heteroatoms. The first-order valence-electron chi connectivity index (χ1n) is 10.4. The molecule has 0 spiro atoms. The number of hydrogen-bond donors (Lipinski definition) is 2. The first-order chi connectivity index (χ1) is 16.2. The van der Waals surface area contributed by atoms with Gasteiger partial charge in [-0.3, -0.25) is 4.68 Å². The lowest BCUT2D eigenvalue weighted by molar-refractivity contribution is 0.201. The predicted molar refractivity (Wildman–Crippen MR) is 132 cm³/mol. The van der Waals surface area contributed by atoms with Gasteiger partial charge in [0.2, 0.25) is 5.95 Å². The van der Waals surface area contributed by atoms with E-state index in [9.17, 15) is 4.79 Å². The molecule has 0 atom stereocenters. The normalized spacial score (nSPS) is 12.5. The highest BCUT2D eigenvalue weighted by molar-refractivity contribution is 6.37. The molecule has 3 heterocycles. The molecule has 1 aromatic carbocycles. The van der Waals surface area contributed by atoms with Gasteiger partial charge >= 0.3 is 6.03 Å². The Labute approximate surface area is 211 Å². The van der Waals surface area contributed by atoms with E-state index in [1.807, 2.05) is 6.92 Å². The number of benzene rings is 1. The number of nitrogen functional groups attached to an aromatic ring is 1. The molecule has 0 aliphatic carbocycles. The van der Waals surface area contributed by atoms with E-state index in [1.54, 1.807) is 34.1 Å². The van der Waals surface area contributed by atoms with Crippen molar-refractivity contribution in [2.75, 3.05) is 12.3 Å². The van der Waals surface area contributed by atoms with Crippen molar-refractivity contribution in [2.45, 2.75) is 33.0 Å². The van der Waals surface area contributed by atoms with Gasteiger partial charge in [0.15, 0.2) is 0 Å². The van der Waals surface area contributed by atoms with Crippen molar-refractivity contribution >= 4 is 46.8 Å². The smallest absolute Gasteiger partial charge is 0.322 e. The van der Waals surface area contributed by atoms with Crippen LogP contribution in [0.4, 0.5) is 10.7 Å². The van der Waals surface area contributed by atoms with E-state index < -0.39 is 0 Å². The van der Waals surface area contributed by atoms with Crippen LogP contribution in [0.1, 0.15) is 24.6 Å². The van der Waals surface area contributed by atoms with E-state index in [0.717, 1.165) is 5.56 Å². The highest BCUT2D eigenvalue weighted by Gasteiger charge is 2.30. The fraction of sp³-hybridized carbons (Fsp3) is 0.273. The summed E-state index contributed by atoms with van der Waals surface area (Å²) in [6.07, 6.45) is 3.88. The third-order valence-corrected chi connectivity index (χ3v) is 5.94. The van der Waals surface area contributed by atoms with Crippen LogP contribution in [-0.2, 0) is 19.6 Å². The summed E-state index contributed by atoms with van der Waals surface area (Å²) in [5.74, 6) is 0.496. The number of hydrogen-bond acceptors (Lipinski definition) is 6. The lowest BCUT2D eigenvalue weighted by atomic mass is 10.0. The Morgan fingerprint density at radius 3 is 2.74 bits per heavy atom. The van der Waals surface area contributed by atoms with Crippen LogP contribution in [0.3, 0.4) is 0 Å². The molecule has 0 radical (unpaired) electrons. The maximum atomic E-state index is 12.7. The van der Waals surface area contributed by atoms with Crippen molar-refractivity contribution in [2.24, 2.45) is 0 Å². The molecule has 0 bridgehead atoms. The third kappa shape index (κ3) is 5.22. The number of halogens is 3. The summed E-state index contributed by atoms with van der Waals surface area (Å²) in [4.78, 5) is 23.1. The number of fused-ring (bicyclic) bond motifs is 1. The van der Waals surface area contributed by atoms with Crippen LogP contribution in [0.2, 0.25) is 15.1 Å². The summed E-state index contributed by atoms with van der Waals surface area (Å²) in [6, 6.07) is 2.99. The summed E-state index contributed by atoms with van der Waals surface area (Å²) in [5, 5.41) is 8.20. The van der Waals surface area contributed by atoms with Gasteiger partial charge in [-0.05, 0) is 18.6 Å². The Kier molecular flexibility index (Phi) is 7.16. The number of urea groups is 1. The van der Waals surface area contributed by atoms with Crippen molar-refractivity contribution < 1.29 is 9.53 Å². The van der Waals surface area contributed by atoms with Crippen molar-refractivity contribution in [3.63, 3.8) is 0 Å². The van der Waals surface area contributed by atoms with E-state index in [0.29, 0.717) is 56.4 Å². The number of nitrogens with two attached hydrogens (primary N) is 1. The number of amides is 2. The molecular formula is C22H22Cl3N7O2. The zero-order valence-electron chi connectivity index (χ0n) is 18.3. The number of allylic oxidation sites excluding steroid dienone is 1. The van der Waals surface area contributed by atoms with Crippen molar-refractivity contribution in [1.29, 1.82) is 0 Å².